The molecule has 156 valence electrons. The van der Waals surface area contributed by atoms with Gasteiger partial charge in [-0.3, -0.25) is 19.9 Å². The third kappa shape index (κ3) is 8.01. The van der Waals surface area contributed by atoms with Gasteiger partial charge in [-0.15, -0.1) is 5.10 Å². The summed E-state index contributed by atoms with van der Waals surface area (Å²) in [5.74, 6) is -0.373. The van der Waals surface area contributed by atoms with E-state index in [2.05, 4.69) is 10.2 Å². The molecule has 0 atom stereocenters. The maximum absolute atomic E-state index is 10.8. The van der Waals surface area contributed by atoms with Crippen molar-refractivity contribution in [2.75, 3.05) is 0 Å². The van der Waals surface area contributed by atoms with Gasteiger partial charge in [0.2, 0.25) is 5.96 Å². The number of nitrogens with zero attached hydrogens (tertiary/aromatic N) is 3. The summed E-state index contributed by atoms with van der Waals surface area (Å²) in [4.78, 5) is 10.1. The normalized spacial score (nSPS) is 11.7. The molecule has 2 aromatic carbocycles. The Balaban J connectivity index is 0.000000326. The lowest BCUT2D eigenvalue weighted by Gasteiger charge is -2.00. The number of nitrogens with one attached hydrogen (secondary N) is 1. The van der Waals surface area contributed by atoms with Crippen molar-refractivity contribution in [1.82, 2.24) is 5.48 Å². The molecule has 0 radical (unpaired) electrons. The van der Waals surface area contributed by atoms with E-state index in [0.717, 1.165) is 11.8 Å². The summed E-state index contributed by atoms with van der Waals surface area (Å²) in [5, 5.41) is 26.0. The maximum Gasteiger partial charge on any atom is 0.296 e. The van der Waals surface area contributed by atoms with Crippen molar-refractivity contribution in [2.24, 2.45) is 15.9 Å². The molecule has 0 spiro atoms. The van der Waals surface area contributed by atoms with E-state index in [0.29, 0.717) is 0 Å². The first-order chi connectivity index (χ1) is 13.5. The summed E-state index contributed by atoms with van der Waals surface area (Å²) < 4.78 is 29.6. The van der Waals surface area contributed by atoms with Crippen LogP contribution in [0.4, 0.5) is 5.69 Å². The number of nitro benzene ring substituents is 1. The highest BCUT2D eigenvalue weighted by molar-refractivity contribution is 7.85. The average Bonchev–Trinajstić information content (AvgIpc) is 2.60. The highest BCUT2D eigenvalue weighted by atomic mass is 35.5. The number of hydroxylamine groups is 1. The Morgan fingerprint density at radius 2 is 1.86 bits per heavy atom. The molecule has 0 aromatic heterocycles. The summed E-state index contributed by atoms with van der Waals surface area (Å²) in [7, 11) is -4.02. The van der Waals surface area contributed by atoms with Gasteiger partial charge in [0.25, 0.3) is 15.8 Å². The summed E-state index contributed by atoms with van der Waals surface area (Å²) in [6.45, 7) is 1.84. The molecule has 2 rings (SSSR count). The quantitative estimate of drug-likeness (QED) is 0.175. The van der Waals surface area contributed by atoms with Crippen molar-refractivity contribution in [3.8, 4) is 0 Å². The molecule has 0 saturated carbocycles. The molecular weight excluding hydrogens is 449 g/mol. The molecular formula is C15H15Cl2N5O6S. The van der Waals surface area contributed by atoms with Crippen LogP contribution in [0.5, 0.6) is 0 Å². The van der Waals surface area contributed by atoms with Crippen molar-refractivity contribution < 1.29 is 23.1 Å². The second-order valence-electron chi connectivity index (χ2n) is 5.21. The minimum Gasteiger partial charge on any atom is -0.367 e. The van der Waals surface area contributed by atoms with Gasteiger partial charge in [-0.05, 0) is 31.2 Å². The van der Waals surface area contributed by atoms with Gasteiger partial charge in [-0.25, -0.2) is 5.48 Å². The molecule has 14 heteroatoms. The van der Waals surface area contributed by atoms with Gasteiger partial charge in [0, 0.05) is 5.02 Å². The van der Waals surface area contributed by atoms with Crippen molar-refractivity contribution in [3.05, 3.63) is 67.7 Å². The van der Waals surface area contributed by atoms with Gasteiger partial charge in [-0.2, -0.15) is 13.5 Å². The van der Waals surface area contributed by atoms with Crippen molar-refractivity contribution in [3.63, 3.8) is 0 Å². The number of rotatable bonds is 4. The van der Waals surface area contributed by atoms with Crippen molar-refractivity contribution in [1.29, 1.82) is 0 Å². The van der Waals surface area contributed by atoms with Gasteiger partial charge >= 0.3 is 0 Å². The van der Waals surface area contributed by atoms with Crippen LogP contribution in [0.1, 0.15) is 11.1 Å². The van der Waals surface area contributed by atoms with E-state index in [-0.39, 0.29) is 32.2 Å². The maximum atomic E-state index is 10.8. The van der Waals surface area contributed by atoms with Crippen LogP contribution in [0.15, 0.2) is 51.5 Å². The lowest BCUT2D eigenvalue weighted by atomic mass is 10.2. The van der Waals surface area contributed by atoms with Crippen LogP contribution < -0.4 is 11.2 Å². The van der Waals surface area contributed by atoms with E-state index < -0.39 is 15.0 Å². The molecule has 0 unspecified atom stereocenters. The van der Waals surface area contributed by atoms with Crippen LogP contribution in [-0.2, 0) is 10.1 Å². The van der Waals surface area contributed by atoms with Crippen LogP contribution in [0.3, 0.4) is 0 Å². The number of hydrogen-bond acceptors (Lipinski definition) is 7. The topological polar surface area (TPSA) is 181 Å². The van der Waals surface area contributed by atoms with Gasteiger partial charge in [-0.1, -0.05) is 40.9 Å². The third-order valence-electron chi connectivity index (χ3n) is 3.04. The number of aryl methyl sites for hydroxylation is 1. The predicted octanol–water partition coefficient (Wildman–Crippen LogP) is 2.77. The number of nitrogens with two attached hydrogens (primary N) is 1. The minimum atomic E-state index is -4.02. The zero-order valence-corrected chi connectivity index (χ0v) is 17.0. The Labute approximate surface area is 175 Å². The predicted molar refractivity (Wildman–Crippen MR) is 108 cm³/mol. The van der Waals surface area contributed by atoms with E-state index in [4.69, 9.17) is 38.7 Å². The SMILES string of the molecule is Cc1ccc(S(=O)(=O)O)cc1.N/C(=N\N=C\c1cc(Cl)cc(Cl)c1[N+](=O)[O-])NO. The Kier molecular flexibility index (Phi) is 8.94. The van der Waals surface area contributed by atoms with Gasteiger partial charge < -0.3 is 5.73 Å². The summed E-state index contributed by atoms with van der Waals surface area (Å²) in [6.07, 6.45) is 1.04. The second-order valence-corrected chi connectivity index (χ2v) is 7.48. The van der Waals surface area contributed by atoms with Crippen LogP contribution in [0, 0.1) is 17.0 Å². The Morgan fingerprint density at radius 3 is 2.34 bits per heavy atom. The monoisotopic (exact) mass is 463 g/mol. The average molecular weight is 464 g/mol. The van der Waals surface area contributed by atoms with E-state index in [1.54, 1.807) is 12.1 Å². The number of nitro groups is 1. The lowest BCUT2D eigenvalue weighted by molar-refractivity contribution is -0.384. The fourth-order valence-corrected chi connectivity index (χ4v) is 2.82. The van der Waals surface area contributed by atoms with E-state index >= 15 is 0 Å². The summed E-state index contributed by atoms with van der Waals surface area (Å²) >= 11 is 11.4. The Morgan fingerprint density at radius 1 is 1.28 bits per heavy atom. The number of guanidine groups is 1. The molecule has 0 bridgehead atoms. The molecule has 0 heterocycles. The van der Waals surface area contributed by atoms with Crippen LogP contribution in [-0.4, -0.2) is 35.3 Å². The van der Waals surface area contributed by atoms with Gasteiger partial charge in [0.05, 0.1) is 21.6 Å². The second kappa shape index (κ2) is 10.7. The third-order valence-corrected chi connectivity index (χ3v) is 4.41. The lowest BCUT2D eigenvalue weighted by Crippen LogP contribution is -2.27. The zero-order chi connectivity index (χ0) is 22.2. The molecule has 29 heavy (non-hydrogen) atoms. The smallest absolute Gasteiger partial charge is 0.296 e. The highest BCUT2D eigenvalue weighted by Gasteiger charge is 2.18. The first kappa shape index (κ1) is 24.3. The molecule has 5 N–H and O–H groups in total. The van der Waals surface area contributed by atoms with Crippen LogP contribution >= 0.6 is 23.2 Å². The molecule has 0 amide bonds. The van der Waals surface area contributed by atoms with Gasteiger partial charge in [0.15, 0.2) is 0 Å². The molecule has 0 fully saturated rings. The molecule has 0 aliphatic heterocycles. The van der Waals surface area contributed by atoms with Crippen LogP contribution in [0.25, 0.3) is 0 Å². The van der Waals surface area contributed by atoms with E-state index in [9.17, 15) is 18.5 Å². The first-order valence-electron chi connectivity index (χ1n) is 7.40. The van der Waals surface area contributed by atoms with E-state index in [1.807, 2.05) is 6.92 Å². The number of halogens is 2. The Bertz CT molecular complexity index is 1040. The van der Waals surface area contributed by atoms with Crippen LogP contribution in [0.2, 0.25) is 10.0 Å². The molecule has 2 aromatic rings. The largest absolute Gasteiger partial charge is 0.367 e. The fourth-order valence-electron chi connectivity index (χ4n) is 1.76. The molecule has 0 saturated heterocycles. The fraction of sp³-hybridized carbons (Fsp3) is 0.0667. The molecule has 0 aliphatic rings. The zero-order valence-electron chi connectivity index (χ0n) is 14.7. The number of benzene rings is 2. The molecule has 0 aliphatic carbocycles. The molecule has 11 nitrogen and oxygen atoms in total. The van der Waals surface area contributed by atoms with Crippen molar-refractivity contribution >= 4 is 51.2 Å². The Hall–Kier alpha value is -2.77. The standard InChI is InChI=1S/C8H7Cl2N5O3.C7H8O3S/c9-5-1-4(3-12-13-8(11)14-16)7(15(17)18)6(10)2-5;1-6-2-4-7(5-3-6)11(8,9)10/h1-3,16H,(H3,11,13,14);2-5H,1H3,(H,8,9,10)/b12-3+;. The highest BCUT2D eigenvalue weighted by Crippen LogP contribution is 2.30. The van der Waals surface area contributed by atoms with Crippen molar-refractivity contribution in [2.45, 2.75) is 11.8 Å². The minimum absolute atomic E-state index is 0.0620. The van der Waals surface area contributed by atoms with Gasteiger partial charge in [0.1, 0.15) is 5.02 Å². The number of hydrogen-bond donors (Lipinski definition) is 4. The first-order valence-corrected chi connectivity index (χ1v) is 9.59. The van der Waals surface area contributed by atoms with E-state index in [1.165, 1.54) is 29.7 Å². The summed E-state index contributed by atoms with van der Waals surface area (Å²) in [5.41, 5.74) is 7.29. The summed E-state index contributed by atoms with van der Waals surface area (Å²) in [6, 6.07) is 8.53.